The molecular formula is C29H42N6O7Si. The maximum Gasteiger partial charge on any atom is 0.328 e. The molecule has 1 atom stereocenters. The molecule has 2 heterocycles. The van der Waals surface area contributed by atoms with Gasteiger partial charge in [0.1, 0.15) is 18.3 Å². The van der Waals surface area contributed by atoms with Gasteiger partial charge >= 0.3 is 11.9 Å². The number of fused-ring (bicyclic) bond motifs is 1. The first-order valence-corrected chi connectivity index (χ1v) is 18.0. The number of nitrogen functional groups attached to an aromatic ring is 1. The van der Waals surface area contributed by atoms with Gasteiger partial charge in [-0.1, -0.05) is 31.8 Å². The molecule has 0 saturated heterocycles. The van der Waals surface area contributed by atoms with Crippen LogP contribution in [-0.2, 0) is 36.6 Å². The Morgan fingerprint density at radius 1 is 1.02 bits per heavy atom. The summed E-state index contributed by atoms with van der Waals surface area (Å²) in [6, 6.07) is 6.72. The van der Waals surface area contributed by atoms with Gasteiger partial charge in [-0.3, -0.25) is 19.4 Å². The maximum atomic E-state index is 13.1. The molecule has 0 radical (unpaired) electrons. The number of benzene rings is 1. The highest BCUT2D eigenvalue weighted by Crippen LogP contribution is 2.16. The van der Waals surface area contributed by atoms with Gasteiger partial charge in [0.15, 0.2) is 0 Å². The first-order chi connectivity index (χ1) is 20.5. The van der Waals surface area contributed by atoms with E-state index in [2.05, 4.69) is 39.9 Å². The molecule has 0 aliphatic carbocycles. The lowest BCUT2D eigenvalue weighted by atomic mass is 10.0. The van der Waals surface area contributed by atoms with Gasteiger partial charge in [-0.05, 0) is 48.6 Å². The number of nitrogens with one attached hydrogen (secondary N) is 3. The molecule has 3 aromatic rings. The zero-order chi connectivity index (χ0) is 31.4. The number of H-pyrrole nitrogens is 2. The number of amides is 1. The van der Waals surface area contributed by atoms with E-state index in [4.69, 9.17) is 25.7 Å². The third-order valence-corrected chi connectivity index (χ3v) is 8.32. The van der Waals surface area contributed by atoms with Crippen molar-refractivity contribution in [1.82, 2.24) is 20.3 Å². The Kier molecular flexibility index (Phi) is 12.5. The number of carbonyl (C=O) groups excluding carboxylic acids is 3. The van der Waals surface area contributed by atoms with E-state index < -0.39 is 32.0 Å². The maximum absolute atomic E-state index is 13.1. The van der Waals surface area contributed by atoms with Crippen LogP contribution in [0.5, 0.6) is 0 Å². The minimum absolute atomic E-state index is 0.0301. The predicted octanol–water partition coefficient (Wildman–Crippen LogP) is 1.90. The molecule has 1 amide bonds. The summed E-state index contributed by atoms with van der Waals surface area (Å²) >= 11 is 0. The number of anilines is 1. The minimum atomic E-state index is -1.44. The SMILES string of the molecule is C[Si](C)(C)CCOC(=O)[C@@H](CCC(=O)OCCOCCN)NC(=O)c1ccc(CCc2c[nH]c3nc(N)[nH]c(=O)c23)cc1. The fraction of sp³-hybridized carbons (Fsp3) is 0.483. The van der Waals surface area contributed by atoms with Gasteiger partial charge in [0.05, 0.1) is 25.2 Å². The van der Waals surface area contributed by atoms with Crippen LogP contribution < -0.4 is 22.3 Å². The van der Waals surface area contributed by atoms with E-state index in [1.54, 1.807) is 18.3 Å². The minimum Gasteiger partial charge on any atom is -0.464 e. The summed E-state index contributed by atoms with van der Waals surface area (Å²) in [6.45, 7) is 7.81. The number of aryl methyl sites for hydroxylation is 2. The molecule has 13 nitrogen and oxygen atoms in total. The molecule has 0 unspecified atom stereocenters. The lowest BCUT2D eigenvalue weighted by molar-refractivity contribution is -0.147. The van der Waals surface area contributed by atoms with Crippen molar-refractivity contribution < 1.29 is 28.6 Å². The monoisotopic (exact) mass is 614 g/mol. The van der Waals surface area contributed by atoms with Gasteiger partial charge in [-0.2, -0.15) is 4.98 Å². The molecule has 14 heteroatoms. The fourth-order valence-electron chi connectivity index (χ4n) is 4.20. The van der Waals surface area contributed by atoms with E-state index in [1.165, 1.54) is 0 Å². The highest BCUT2D eigenvalue weighted by atomic mass is 28.3. The number of aromatic amines is 2. The Labute approximate surface area is 251 Å². The molecule has 0 bridgehead atoms. The van der Waals surface area contributed by atoms with Crippen LogP contribution >= 0.6 is 0 Å². The number of rotatable bonds is 17. The molecule has 0 fully saturated rings. The van der Waals surface area contributed by atoms with Crippen molar-refractivity contribution in [1.29, 1.82) is 0 Å². The second-order valence-electron chi connectivity index (χ2n) is 11.4. The Hall–Kier alpha value is -4.01. The van der Waals surface area contributed by atoms with E-state index in [9.17, 15) is 19.2 Å². The number of ether oxygens (including phenoxy) is 3. The van der Waals surface area contributed by atoms with Crippen LogP contribution in [0, 0.1) is 0 Å². The van der Waals surface area contributed by atoms with Crippen LogP contribution in [0.2, 0.25) is 25.7 Å². The normalized spacial score (nSPS) is 12.2. The molecule has 234 valence electrons. The van der Waals surface area contributed by atoms with Crippen molar-refractivity contribution in [2.45, 2.75) is 57.4 Å². The van der Waals surface area contributed by atoms with Crippen molar-refractivity contribution in [2.75, 3.05) is 38.7 Å². The first kappa shape index (κ1) is 33.5. The summed E-state index contributed by atoms with van der Waals surface area (Å²) in [5, 5.41) is 3.19. The van der Waals surface area contributed by atoms with Gasteiger partial charge in [-0.15, -0.1) is 0 Å². The van der Waals surface area contributed by atoms with Crippen LogP contribution in [0.4, 0.5) is 5.95 Å². The molecule has 3 rings (SSSR count). The van der Waals surface area contributed by atoms with Gasteiger partial charge < -0.3 is 36.0 Å². The third-order valence-electron chi connectivity index (χ3n) is 6.62. The second kappa shape index (κ2) is 16.0. The Morgan fingerprint density at radius 3 is 2.47 bits per heavy atom. The standard InChI is InChI=1S/C29H42N6O7Si/c1-43(2,3)17-16-42-28(39)22(10-11-23(36)41-15-14-40-13-12-30)33-26(37)20-7-4-19(5-8-20)6-9-21-18-32-25-24(21)27(38)35-29(31)34-25/h4-5,7-8,18,22H,6,9-17,30H2,1-3H3,(H,33,37)(H4,31,32,34,35,38)/t22-/m1/s1. The molecule has 1 aromatic carbocycles. The van der Waals surface area contributed by atoms with Gasteiger partial charge in [0.2, 0.25) is 5.95 Å². The first-order valence-electron chi connectivity index (χ1n) is 14.3. The van der Waals surface area contributed by atoms with Crippen molar-refractivity contribution >= 4 is 42.9 Å². The number of aromatic nitrogens is 3. The average Bonchev–Trinajstić information content (AvgIpc) is 3.36. The smallest absolute Gasteiger partial charge is 0.328 e. The lowest BCUT2D eigenvalue weighted by Gasteiger charge is -2.20. The highest BCUT2D eigenvalue weighted by Gasteiger charge is 2.25. The lowest BCUT2D eigenvalue weighted by Crippen LogP contribution is -2.42. The third kappa shape index (κ3) is 11.0. The van der Waals surface area contributed by atoms with E-state index in [0.717, 1.165) is 17.2 Å². The van der Waals surface area contributed by atoms with Crippen LogP contribution in [0.25, 0.3) is 11.0 Å². The van der Waals surface area contributed by atoms with Crippen LogP contribution in [-0.4, -0.2) is 79.9 Å². The van der Waals surface area contributed by atoms with Crippen LogP contribution in [0.3, 0.4) is 0 Å². The summed E-state index contributed by atoms with van der Waals surface area (Å²) in [4.78, 5) is 60.1. The Bertz CT molecular complexity index is 1430. The average molecular weight is 615 g/mol. The van der Waals surface area contributed by atoms with Crippen LogP contribution in [0.15, 0.2) is 35.3 Å². The van der Waals surface area contributed by atoms with Crippen LogP contribution in [0.1, 0.15) is 34.3 Å². The van der Waals surface area contributed by atoms with E-state index in [1.807, 2.05) is 12.1 Å². The molecule has 7 N–H and O–H groups in total. The van der Waals surface area contributed by atoms with Crippen molar-refractivity contribution in [2.24, 2.45) is 5.73 Å². The summed E-state index contributed by atoms with van der Waals surface area (Å²) in [6.07, 6.45) is 2.87. The Balaban J connectivity index is 1.58. The van der Waals surface area contributed by atoms with E-state index in [-0.39, 0.29) is 44.2 Å². The van der Waals surface area contributed by atoms with E-state index >= 15 is 0 Å². The summed E-state index contributed by atoms with van der Waals surface area (Å²) in [5.74, 6) is -1.52. The van der Waals surface area contributed by atoms with Crippen molar-refractivity contribution in [3.8, 4) is 0 Å². The summed E-state index contributed by atoms with van der Waals surface area (Å²) in [7, 11) is -1.44. The van der Waals surface area contributed by atoms with Gasteiger partial charge in [-0.25, -0.2) is 4.79 Å². The molecule has 0 aliphatic rings. The van der Waals surface area contributed by atoms with Gasteiger partial charge in [0, 0.05) is 32.8 Å². The fourth-order valence-corrected chi connectivity index (χ4v) is 4.92. The number of esters is 2. The zero-order valence-corrected chi connectivity index (χ0v) is 26.0. The molecule has 0 saturated carbocycles. The zero-order valence-electron chi connectivity index (χ0n) is 25.0. The van der Waals surface area contributed by atoms with Crippen molar-refractivity contribution in [3.63, 3.8) is 0 Å². The summed E-state index contributed by atoms with van der Waals surface area (Å²) < 4.78 is 15.8. The second-order valence-corrected chi connectivity index (χ2v) is 17.0. The number of carbonyl (C=O) groups is 3. The molecular weight excluding hydrogens is 572 g/mol. The number of nitrogens with two attached hydrogens (primary N) is 2. The number of nitrogens with zero attached hydrogens (tertiary/aromatic N) is 1. The molecule has 0 aliphatic heterocycles. The summed E-state index contributed by atoms with van der Waals surface area (Å²) in [5.41, 5.74) is 13.2. The Morgan fingerprint density at radius 2 is 1.77 bits per heavy atom. The van der Waals surface area contributed by atoms with Crippen molar-refractivity contribution in [3.05, 3.63) is 57.5 Å². The van der Waals surface area contributed by atoms with E-state index in [0.29, 0.717) is 42.6 Å². The predicted molar refractivity (Wildman–Crippen MR) is 165 cm³/mol. The van der Waals surface area contributed by atoms with Gasteiger partial charge in [0.25, 0.3) is 11.5 Å². The highest BCUT2D eigenvalue weighted by molar-refractivity contribution is 6.76. The molecule has 43 heavy (non-hydrogen) atoms. The molecule has 2 aromatic heterocycles. The topological polar surface area (TPSA) is 205 Å². The number of hydrogen-bond donors (Lipinski definition) is 5. The molecule has 0 spiro atoms. The number of hydrogen-bond acceptors (Lipinski definition) is 10. The quantitative estimate of drug-likeness (QED) is 0.0848. The largest absolute Gasteiger partial charge is 0.464 e.